The molecule has 0 bridgehead atoms. The summed E-state index contributed by atoms with van der Waals surface area (Å²) in [6.07, 6.45) is 7.92. The summed E-state index contributed by atoms with van der Waals surface area (Å²) in [4.78, 5) is 2.58. The summed E-state index contributed by atoms with van der Waals surface area (Å²) in [5, 5.41) is 0. The van der Waals surface area contributed by atoms with Crippen LogP contribution in [0.3, 0.4) is 0 Å². The van der Waals surface area contributed by atoms with Crippen molar-refractivity contribution in [1.82, 2.24) is 4.90 Å². The highest BCUT2D eigenvalue weighted by Gasteiger charge is 2.18. The van der Waals surface area contributed by atoms with Crippen LogP contribution in [-0.2, 0) is 0 Å². The fraction of sp³-hybridized carbons (Fsp3) is 0.667. The highest BCUT2D eigenvalue weighted by Crippen LogP contribution is 2.20. The maximum atomic E-state index is 2.58. The van der Waals surface area contributed by atoms with E-state index >= 15 is 0 Å². The Hall–Kier alpha value is -0.820. The predicted molar refractivity (Wildman–Crippen MR) is 86.5 cm³/mol. The second kappa shape index (κ2) is 9.14. The third kappa shape index (κ3) is 5.78. The minimum Gasteiger partial charge on any atom is -0.134 e. The molecule has 1 aromatic rings. The maximum absolute atomic E-state index is 2.58. The lowest BCUT2D eigenvalue weighted by molar-refractivity contribution is 0.479. The molecule has 19 heavy (non-hydrogen) atoms. The van der Waals surface area contributed by atoms with Gasteiger partial charge in [-0.25, -0.2) is 0 Å². The zero-order chi connectivity index (χ0) is 14.1. The van der Waals surface area contributed by atoms with E-state index in [1.165, 1.54) is 68.4 Å². The van der Waals surface area contributed by atoms with Gasteiger partial charge in [0.15, 0.2) is 5.69 Å². The van der Waals surface area contributed by atoms with Gasteiger partial charge in [-0.1, -0.05) is 32.8 Å². The van der Waals surface area contributed by atoms with Crippen LogP contribution in [0.4, 0.5) is 5.69 Å². The fourth-order valence-corrected chi connectivity index (χ4v) is 2.40. The zero-order valence-corrected chi connectivity index (χ0v) is 13.3. The Kier molecular flexibility index (Phi) is 7.81. The van der Waals surface area contributed by atoms with Crippen LogP contribution < -0.4 is 4.90 Å². The molecule has 0 saturated carbocycles. The topological polar surface area (TPSA) is 5.90 Å². The quantitative estimate of drug-likeness (QED) is 0.411. The number of aryl methyl sites for hydroxylation is 2. The summed E-state index contributed by atoms with van der Waals surface area (Å²) in [5.41, 5.74) is 4.22. The van der Waals surface area contributed by atoms with E-state index in [9.17, 15) is 0 Å². The van der Waals surface area contributed by atoms with Gasteiger partial charge in [-0.3, -0.25) is 0 Å². The lowest BCUT2D eigenvalue weighted by Crippen LogP contribution is -2.27. The first kappa shape index (κ1) is 16.2. The van der Waals surface area contributed by atoms with Gasteiger partial charge in [0.2, 0.25) is 0 Å². The molecular formula is C18H31N+. The monoisotopic (exact) mass is 261 g/mol. The first-order valence-electron chi connectivity index (χ1n) is 8.01. The molecule has 1 rings (SSSR count). The molecule has 0 aliphatic heterocycles. The zero-order valence-electron chi connectivity index (χ0n) is 13.3. The number of hydrogen-bond acceptors (Lipinski definition) is 1. The summed E-state index contributed by atoms with van der Waals surface area (Å²) < 4.78 is 0. The summed E-state index contributed by atoms with van der Waals surface area (Å²) in [6.45, 7) is 11.4. The molecule has 0 unspecified atom stereocenters. The van der Waals surface area contributed by atoms with E-state index in [1.807, 2.05) is 0 Å². The van der Waals surface area contributed by atoms with Crippen molar-refractivity contribution in [2.24, 2.45) is 0 Å². The Bertz CT molecular complexity index is 347. The van der Waals surface area contributed by atoms with E-state index < -0.39 is 0 Å². The SMILES string of the molecule is CCCCC[N+](CCCCC)c1ccc(C)c(C)c1. The van der Waals surface area contributed by atoms with Gasteiger partial charge in [0, 0.05) is 25.0 Å². The van der Waals surface area contributed by atoms with Crippen LogP contribution in [0.5, 0.6) is 0 Å². The molecule has 0 N–H and O–H groups in total. The molecule has 0 heterocycles. The van der Waals surface area contributed by atoms with Gasteiger partial charge in [0.25, 0.3) is 0 Å². The third-order valence-corrected chi connectivity index (χ3v) is 3.92. The summed E-state index contributed by atoms with van der Waals surface area (Å²) >= 11 is 0. The average molecular weight is 261 g/mol. The third-order valence-electron chi connectivity index (χ3n) is 3.92. The Morgan fingerprint density at radius 2 is 1.37 bits per heavy atom. The van der Waals surface area contributed by atoms with Crippen LogP contribution in [0.25, 0.3) is 0 Å². The van der Waals surface area contributed by atoms with Crippen LogP contribution in [0.15, 0.2) is 18.2 Å². The van der Waals surface area contributed by atoms with Crippen molar-refractivity contribution in [3.63, 3.8) is 0 Å². The lowest BCUT2D eigenvalue weighted by atomic mass is 10.1. The van der Waals surface area contributed by atoms with Crippen molar-refractivity contribution in [3.05, 3.63) is 29.3 Å². The van der Waals surface area contributed by atoms with E-state index in [1.54, 1.807) is 0 Å². The van der Waals surface area contributed by atoms with Gasteiger partial charge < -0.3 is 0 Å². The molecule has 1 heteroatoms. The van der Waals surface area contributed by atoms with Crippen LogP contribution in [-0.4, -0.2) is 13.1 Å². The number of nitrogens with zero attached hydrogens (tertiary/aromatic N) is 1. The first-order chi connectivity index (χ1) is 9.19. The van der Waals surface area contributed by atoms with Crippen molar-refractivity contribution in [1.29, 1.82) is 0 Å². The Morgan fingerprint density at radius 3 is 1.84 bits per heavy atom. The van der Waals surface area contributed by atoms with Crippen LogP contribution in [0, 0.1) is 13.8 Å². The number of anilines is 1. The smallest absolute Gasteiger partial charge is 0.134 e. The maximum Gasteiger partial charge on any atom is 0.181 e. The van der Waals surface area contributed by atoms with Gasteiger partial charge >= 0.3 is 0 Å². The molecule has 1 aromatic carbocycles. The van der Waals surface area contributed by atoms with E-state index in [4.69, 9.17) is 0 Å². The number of hydrogen-bond donors (Lipinski definition) is 0. The van der Waals surface area contributed by atoms with Crippen molar-refractivity contribution >= 4 is 5.69 Å². The second-order valence-corrected chi connectivity index (χ2v) is 5.67. The van der Waals surface area contributed by atoms with Crippen LogP contribution in [0.1, 0.15) is 63.5 Å². The summed E-state index contributed by atoms with van der Waals surface area (Å²) in [6, 6.07) is 6.91. The molecule has 1 nitrogen and oxygen atoms in total. The number of unbranched alkanes of at least 4 members (excludes halogenated alkanes) is 4. The highest BCUT2D eigenvalue weighted by atomic mass is 15.1. The fourth-order valence-electron chi connectivity index (χ4n) is 2.40. The number of benzene rings is 1. The van der Waals surface area contributed by atoms with E-state index in [2.05, 4.69) is 50.8 Å². The van der Waals surface area contributed by atoms with E-state index in [0.29, 0.717) is 0 Å². The normalized spacial score (nSPS) is 11.2. The van der Waals surface area contributed by atoms with Crippen molar-refractivity contribution in [3.8, 4) is 0 Å². The molecule has 0 aliphatic carbocycles. The van der Waals surface area contributed by atoms with Crippen LogP contribution in [0.2, 0.25) is 0 Å². The Labute approximate surface area is 120 Å². The number of rotatable bonds is 9. The molecule has 0 atom stereocenters. The van der Waals surface area contributed by atoms with Gasteiger partial charge in [0.1, 0.15) is 13.1 Å². The molecular weight excluding hydrogens is 230 g/mol. The summed E-state index contributed by atoms with van der Waals surface area (Å²) in [7, 11) is 0. The largest absolute Gasteiger partial charge is 0.181 e. The molecule has 0 amide bonds. The molecule has 0 spiro atoms. The van der Waals surface area contributed by atoms with Crippen LogP contribution >= 0.6 is 0 Å². The van der Waals surface area contributed by atoms with Crippen molar-refractivity contribution in [2.45, 2.75) is 66.2 Å². The molecule has 0 saturated heterocycles. The Balaban J connectivity index is 2.66. The Morgan fingerprint density at radius 1 is 0.789 bits per heavy atom. The first-order valence-corrected chi connectivity index (χ1v) is 8.01. The molecule has 1 radical (unpaired) electrons. The summed E-state index contributed by atoms with van der Waals surface area (Å²) in [5.74, 6) is 0. The molecule has 0 aromatic heterocycles. The second-order valence-electron chi connectivity index (χ2n) is 5.67. The van der Waals surface area contributed by atoms with Crippen molar-refractivity contribution in [2.75, 3.05) is 13.1 Å². The molecule has 0 fully saturated rings. The lowest BCUT2D eigenvalue weighted by Gasteiger charge is -2.13. The molecule has 0 aliphatic rings. The van der Waals surface area contributed by atoms with Gasteiger partial charge in [-0.15, -0.1) is 4.90 Å². The molecule has 107 valence electrons. The highest BCUT2D eigenvalue weighted by molar-refractivity contribution is 5.44. The van der Waals surface area contributed by atoms with Gasteiger partial charge in [0.05, 0.1) is 0 Å². The minimum absolute atomic E-state index is 1.21. The van der Waals surface area contributed by atoms with Gasteiger partial charge in [-0.2, -0.15) is 0 Å². The van der Waals surface area contributed by atoms with Crippen molar-refractivity contribution < 1.29 is 0 Å². The standard InChI is InChI=1S/C18H31N/c1-5-7-9-13-19(14-10-8-6-2)18-12-11-16(3)17(4)15-18/h11-12,15H,5-10,13-14H2,1-4H3/q+1. The van der Waals surface area contributed by atoms with E-state index in [-0.39, 0.29) is 0 Å². The minimum atomic E-state index is 1.21. The average Bonchev–Trinajstić information content (AvgIpc) is 2.41. The van der Waals surface area contributed by atoms with Gasteiger partial charge in [-0.05, 0) is 37.8 Å². The van der Waals surface area contributed by atoms with E-state index in [0.717, 1.165) is 0 Å². The predicted octanol–water partition coefficient (Wildman–Crippen LogP) is 5.46.